The minimum absolute atomic E-state index is 0.0197. The van der Waals surface area contributed by atoms with Gasteiger partial charge in [0.25, 0.3) is 0 Å². The predicted octanol–water partition coefficient (Wildman–Crippen LogP) is 4.19. The number of hydrogen-bond acceptors (Lipinski definition) is 7. The van der Waals surface area contributed by atoms with E-state index < -0.39 is 11.7 Å². The number of pyridine rings is 1. The average Bonchev–Trinajstić information content (AvgIpc) is 3.40. The van der Waals surface area contributed by atoms with Gasteiger partial charge in [0, 0.05) is 43.2 Å². The van der Waals surface area contributed by atoms with Crippen molar-refractivity contribution in [2.24, 2.45) is 5.41 Å². The van der Waals surface area contributed by atoms with Gasteiger partial charge in [0.1, 0.15) is 5.82 Å². The summed E-state index contributed by atoms with van der Waals surface area (Å²) in [6.07, 6.45) is 2.84. The van der Waals surface area contributed by atoms with E-state index in [1.807, 2.05) is 4.40 Å². The van der Waals surface area contributed by atoms with Gasteiger partial charge >= 0.3 is 6.18 Å². The summed E-state index contributed by atoms with van der Waals surface area (Å²) in [6.45, 7) is 5.16. The first-order valence-electron chi connectivity index (χ1n) is 10.4. The molecule has 2 saturated heterocycles. The number of rotatable bonds is 3. The van der Waals surface area contributed by atoms with Crippen molar-refractivity contribution in [3.8, 4) is 0 Å². The molecule has 3 aromatic heterocycles. The lowest BCUT2D eigenvalue weighted by atomic mass is 9.78. The lowest BCUT2D eigenvalue weighted by molar-refractivity contribution is -0.140. The van der Waals surface area contributed by atoms with E-state index in [1.54, 1.807) is 19.3 Å². The second-order valence-corrected chi connectivity index (χ2v) is 9.49. The number of piperidine rings is 1. The molecule has 5 heterocycles. The first-order valence-corrected chi connectivity index (χ1v) is 11.2. The number of nitrogens with two attached hydrogens (primary N) is 1. The zero-order valence-electron chi connectivity index (χ0n) is 17.5. The van der Waals surface area contributed by atoms with E-state index in [0.717, 1.165) is 69.5 Å². The molecule has 11 heteroatoms. The van der Waals surface area contributed by atoms with Crippen LogP contribution in [0.25, 0.3) is 5.65 Å². The van der Waals surface area contributed by atoms with Crippen LogP contribution in [0.5, 0.6) is 0 Å². The van der Waals surface area contributed by atoms with Crippen LogP contribution in [0.1, 0.15) is 30.5 Å². The molecular formula is C21H23F3N6OS. The Morgan fingerprint density at radius 1 is 1.19 bits per heavy atom. The van der Waals surface area contributed by atoms with E-state index in [9.17, 15) is 13.2 Å². The molecule has 0 radical (unpaired) electrons. The highest BCUT2D eigenvalue weighted by molar-refractivity contribution is 7.99. The molecule has 0 atom stereocenters. The summed E-state index contributed by atoms with van der Waals surface area (Å²) in [5.41, 5.74) is 6.32. The van der Waals surface area contributed by atoms with Crippen LogP contribution in [-0.2, 0) is 10.9 Å². The van der Waals surface area contributed by atoms with E-state index in [1.165, 1.54) is 6.07 Å². The van der Waals surface area contributed by atoms with Crippen LogP contribution < -0.4 is 10.6 Å². The van der Waals surface area contributed by atoms with Gasteiger partial charge in [0.2, 0.25) is 5.95 Å². The van der Waals surface area contributed by atoms with Gasteiger partial charge in [-0.3, -0.25) is 4.40 Å². The molecular weight excluding hydrogens is 441 g/mol. The summed E-state index contributed by atoms with van der Waals surface area (Å²) in [4.78, 5) is 15.6. The predicted molar refractivity (Wildman–Crippen MR) is 115 cm³/mol. The Balaban J connectivity index is 1.49. The summed E-state index contributed by atoms with van der Waals surface area (Å²) >= 11 is 0.966. The lowest BCUT2D eigenvalue weighted by Crippen LogP contribution is -2.41. The zero-order valence-corrected chi connectivity index (χ0v) is 18.3. The van der Waals surface area contributed by atoms with Crippen molar-refractivity contribution >= 4 is 29.2 Å². The number of ether oxygens (including phenoxy) is 1. The number of nitrogen functional groups attached to an aromatic ring is 1. The van der Waals surface area contributed by atoms with Crippen molar-refractivity contribution in [3.63, 3.8) is 0 Å². The molecule has 7 nitrogen and oxygen atoms in total. The fraction of sp³-hybridized carbons (Fsp3) is 0.476. The number of halogens is 3. The maximum atomic E-state index is 13.5. The number of alkyl halides is 3. The third-order valence-electron chi connectivity index (χ3n) is 6.35. The quantitative estimate of drug-likeness (QED) is 0.622. The largest absolute Gasteiger partial charge is 0.418 e. The fourth-order valence-electron chi connectivity index (χ4n) is 4.48. The van der Waals surface area contributed by atoms with Crippen molar-refractivity contribution in [1.82, 2.24) is 19.4 Å². The highest BCUT2D eigenvalue weighted by atomic mass is 32.2. The van der Waals surface area contributed by atoms with Gasteiger partial charge in [-0.25, -0.2) is 15.0 Å². The Morgan fingerprint density at radius 2 is 1.97 bits per heavy atom. The third kappa shape index (κ3) is 3.77. The Kier molecular flexibility index (Phi) is 5.20. The van der Waals surface area contributed by atoms with Crippen molar-refractivity contribution < 1.29 is 17.9 Å². The fourth-order valence-corrected chi connectivity index (χ4v) is 5.59. The van der Waals surface area contributed by atoms with E-state index >= 15 is 0 Å². The molecule has 32 heavy (non-hydrogen) atoms. The van der Waals surface area contributed by atoms with E-state index in [4.69, 9.17) is 15.5 Å². The van der Waals surface area contributed by atoms with Crippen LogP contribution >= 0.6 is 11.8 Å². The molecule has 0 bridgehead atoms. The highest BCUT2D eigenvalue weighted by Crippen LogP contribution is 2.43. The highest BCUT2D eigenvalue weighted by Gasteiger charge is 2.39. The molecule has 0 unspecified atom stereocenters. The number of hydrogen-bond donors (Lipinski definition) is 1. The van der Waals surface area contributed by atoms with Crippen molar-refractivity contribution in [1.29, 1.82) is 0 Å². The molecule has 170 valence electrons. The molecule has 3 aromatic rings. The van der Waals surface area contributed by atoms with Gasteiger partial charge in [-0.15, -0.1) is 0 Å². The maximum absolute atomic E-state index is 13.5. The molecule has 5 rings (SSSR count). The number of anilines is 2. The monoisotopic (exact) mass is 464 g/mol. The van der Waals surface area contributed by atoms with Crippen molar-refractivity contribution in [3.05, 3.63) is 35.9 Å². The van der Waals surface area contributed by atoms with Gasteiger partial charge in [-0.1, -0.05) is 11.8 Å². The SMILES string of the molecule is Cc1nc(N2CCC3(CCOC3)CC2)n2ccnc2c1Sc1cc(N)ncc1C(F)(F)F. The molecule has 0 amide bonds. The Bertz CT molecular complexity index is 1150. The summed E-state index contributed by atoms with van der Waals surface area (Å²) in [7, 11) is 0. The third-order valence-corrected chi connectivity index (χ3v) is 7.59. The van der Waals surface area contributed by atoms with Crippen LogP contribution in [0.3, 0.4) is 0 Å². The standard InChI is InChI=1S/C21H23F3N6OS/c1-13-17(32-15-10-16(25)27-11-14(15)21(22,23)24)18-26-5-8-30(18)19(28-13)29-6-2-20(3-7-29)4-9-31-12-20/h5,8,10-11H,2-4,6-7,9,12H2,1H3,(H2,25,27). The Labute approximate surface area is 187 Å². The zero-order chi connectivity index (χ0) is 22.5. The first kappa shape index (κ1) is 21.3. The average molecular weight is 465 g/mol. The summed E-state index contributed by atoms with van der Waals surface area (Å²) < 4.78 is 48.1. The maximum Gasteiger partial charge on any atom is 0.418 e. The summed E-state index contributed by atoms with van der Waals surface area (Å²) in [5.74, 6) is 0.790. The van der Waals surface area contributed by atoms with Crippen molar-refractivity contribution in [2.75, 3.05) is 36.9 Å². The van der Waals surface area contributed by atoms with Crippen LogP contribution in [0.4, 0.5) is 24.9 Å². The lowest BCUT2D eigenvalue weighted by Gasteiger charge is -2.39. The molecule has 0 aromatic carbocycles. The van der Waals surface area contributed by atoms with Gasteiger partial charge in [0.15, 0.2) is 5.65 Å². The van der Waals surface area contributed by atoms with Crippen molar-refractivity contribution in [2.45, 2.75) is 42.2 Å². The molecule has 2 fully saturated rings. The van der Waals surface area contributed by atoms with Crippen LogP contribution in [0.2, 0.25) is 0 Å². The second-order valence-electron chi connectivity index (χ2n) is 8.44. The number of nitrogens with zero attached hydrogens (tertiary/aromatic N) is 5. The van der Waals surface area contributed by atoms with Crippen LogP contribution in [0, 0.1) is 12.3 Å². The molecule has 2 aliphatic rings. The van der Waals surface area contributed by atoms with Gasteiger partial charge in [-0.2, -0.15) is 13.2 Å². The molecule has 2 N–H and O–H groups in total. The van der Waals surface area contributed by atoms with Gasteiger partial charge < -0.3 is 15.4 Å². The smallest absolute Gasteiger partial charge is 0.384 e. The molecule has 1 spiro atoms. The van der Waals surface area contributed by atoms with Gasteiger partial charge in [-0.05, 0) is 37.7 Å². The number of aromatic nitrogens is 4. The topological polar surface area (TPSA) is 81.6 Å². The van der Waals surface area contributed by atoms with E-state index in [0.29, 0.717) is 16.2 Å². The number of fused-ring (bicyclic) bond motifs is 1. The van der Waals surface area contributed by atoms with Gasteiger partial charge in [0.05, 0.1) is 22.8 Å². The Hall–Kier alpha value is -2.53. The molecule has 2 aliphatic heterocycles. The normalized spacial score (nSPS) is 18.7. The molecule has 0 aliphatic carbocycles. The number of aryl methyl sites for hydroxylation is 1. The minimum Gasteiger partial charge on any atom is -0.384 e. The number of imidazole rings is 1. The van der Waals surface area contributed by atoms with Crippen LogP contribution in [0.15, 0.2) is 34.4 Å². The molecule has 0 saturated carbocycles. The minimum atomic E-state index is -4.54. The first-order chi connectivity index (χ1) is 15.3. The van der Waals surface area contributed by atoms with Crippen LogP contribution in [-0.4, -0.2) is 45.7 Å². The Morgan fingerprint density at radius 3 is 2.66 bits per heavy atom. The van der Waals surface area contributed by atoms with E-state index in [2.05, 4.69) is 14.9 Å². The summed E-state index contributed by atoms with van der Waals surface area (Å²) in [5, 5.41) is 0. The summed E-state index contributed by atoms with van der Waals surface area (Å²) in [6, 6.07) is 1.24. The second kappa shape index (κ2) is 7.80. The van der Waals surface area contributed by atoms with E-state index in [-0.39, 0.29) is 16.1 Å².